The van der Waals surface area contributed by atoms with Gasteiger partial charge in [0.2, 0.25) is 0 Å². The van der Waals surface area contributed by atoms with E-state index < -0.39 is 0 Å². The molecule has 0 aromatic heterocycles. The standard InChI is InChI=1S/C58H58N2/c1-7-39-21-23-47-37-51(31-27-45(47)33-39)59(49-29-25-41(9-3)43(11-5)35-49)57-53-17-13-15-19-55(53)58(56-20-16-14-18-54(56)57)60(50-30-26-42(10-4)44(12-6)36-50)52-32-28-46-34-40(8-2)22-24-48(46)38-52/h13-27,29-31,33-38H,7-12,28,32H2,1-6H3. The van der Waals surface area contributed by atoms with E-state index in [1.165, 1.54) is 111 Å². The largest absolute Gasteiger partial charge is 0.313 e. The van der Waals surface area contributed by atoms with Crippen LogP contribution in [0.3, 0.4) is 0 Å². The van der Waals surface area contributed by atoms with Crippen molar-refractivity contribution in [3.63, 3.8) is 0 Å². The highest BCUT2D eigenvalue weighted by atomic mass is 15.2. The maximum atomic E-state index is 2.63. The van der Waals surface area contributed by atoms with Crippen LogP contribution in [-0.2, 0) is 44.9 Å². The first-order valence-corrected chi connectivity index (χ1v) is 22.6. The lowest BCUT2D eigenvalue weighted by Gasteiger charge is -2.35. The van der Waals surface area contributed by atoms with Crippen LogP contribution >= 0.6 is 0 Å². The van der Waals surface area contributed by atoms with E-state index in [9.17, 15) is 0 Å². The number of hydrogen-bond donors (Lipinski definition) is 0. The summed E-state index contributed by atoms with van der Waals surface area (Å²) in [5, 5.41) is 7.50. The van der Waals surface area contributed by atoms with Crippen LogP contribution in [0.5, 0.6) is 0 Å². The summed E-state index contributed by atoms with van der Waals surface area (Å²) < 4.78 is 0. The van der Waals surface area contributed by atoms with E-state index >= 15 is 0 Å². The van der Waals surface area contributed by atoms with Crippen LogP contribution < -0.4 is 9.80 Å². The van der Waals surface area contributed by atoms with Gasteiger partial charge in [-0.25, -0.2) is 0 Å². The molecule has 0 heterocycles. The summed E-state index contributed by atoms with van der Waals surface area (Å²) in [4.78, 5) is 5.18. The van der Waals surface area contributed by atoms with E-state index in [1.807, 2.05) is 0 Å². The molecule has 2 nitrogen and oxygen atoms in total. The van der Waals surface area contributed by atoms with Crippen LogP contribution in [-0.4, -0.2) is 0 Å². The summed E-state index contributed by atoms with van der Waals surface area (Å²) in [5.74, 6) is 0. The van der Waals surface area contributed by atoms with Crippen LogP contribution in [0.4, 0.5) is 28.4 Å². The fourth-order valence-corrected chi connectivity index (χ4v) is 9.83. The molecule has 300 valence electrons. The van der Waals surface area contributed by atoms with Crippen LogP contribution in [0, 0.1) is 0 Å². The third-order valence-electron chi connectivity index (χ3n) is 13.2. The number of nitrogens with zero attached hydrogens (tertiary/aromatic N) is 2. The minimum Gasteiger partial charge on any atom is -0.313 e. The summed E-state index contributed by atoms with van der Waals surface area (Å²) in [5.41, 5.74) is 18.6. The van der Waals surface area contributed by atoms with Gasteiger partial charge in [0.15, 0.2) is 0 Å². The Morgan fingerprint density at radius 3 is 1.42 bits per heavy atom. The predicted octanol–water partition coefficient (Wildman–Crippen LogP) is 16.1. The topological polar surface area (TPSA) is 6.48 Å². The Morgan fingerprint density at radius 1 is 0.383 bits per heavy atom. The van der Waals surface area contributed by atoms with Gasteiger partial charge in [-0.2, -0.15) is 0 Å². The molecule has 0 saturated carbocycles. The molecule has 0 N–H and O–H groups in total. The summed E-state index contributed by atoms with van der Waals surface area (Å²) in [6.07, 6.45) is 10.6. The lowest BCUT2D eigenvalue weighted by Crippen LogP contribution is -2.21. The molecule has 0 fully saturated rings. The van der Waals surface area contributed by atoms with E-state index in [2.05, 4.69) is 197 Å². The van der Waals surface area contributed by atoms with Gasteiger partial charge in [0.25, 0.3) is 0 Å². The molecule has 0 aliphatic heterocycles. The van der Waals surface area contributed by atoms with Crippen molar-refractivity contribution >= 4 is 66.8 Å². The Balaban J connectivity index is 1.36. The van der Waals surface area contributed by atoms with Crippen molar-refractivity contribution in [2.75, 3.05) is 9.80 Å². The predicted molar refractivity (Wildman–Crippen MR) is 261 cm³/mol. The zero-order chi connectivity index (χ0) is 41.3. The highest BCUT2D eigenvalue weighted by Gasteiger charge is 2.28. The van der Waals surface area contributed by atoms with Gasteiger partial charge in [-0.05, 0) is 149 Å². The Labute approximate surface area is 357 Å². The van der Waals surface area contributed by atoms with Crippen LogP contribution in [0.15, 0.2) is 145 Å². The molecule has 0 radical (unpaired) electrons. The molecule has 1 aliphatic carbocycles. The Kier molecular flexibility index (Phi) is 11.1. The SMILES string of the molecule is CCc1ccc2c(c1)CCC(N(c1ccc(CC)c(CC)c1)c1c3ccccc3c(N(c3ccc(CC)c(CC)c3)c3ccc4cc(CC)ccc4c3)c3ccccc13)=C2. The first-order chi connectivity index (χ1) is 29.5. The average Bonchev–Trinajstić information content (AvgIpc) is 3.31. The molecule has 0 unspecified atom stereocenters. The summed E-state index contributed by atoms with van der Waals surface area (Å²) in [6.45, 7) is 13.6. The first kappa shape index (κ1) is 39.3. The third-order valence-corrected chi connectivity index (χ3v) is 13.2. The maximum absolute atomic E-state index is 2.63. The number of allylic oxidation sites excluding steroid dienone is 1. The second-order valence-corrected chi connectivity index (χ2v) is 16.5. The Morgan fingerprint density at radius 2 is 0.850 bits per heavy atom. The molecular weight excluding hydrogens is 725 g/mol. The van der Waals surface area contributed by atoms with Gasteiger partial charge in [-0.3, -0.25) is 0 Å². The number of aryl methyl sites for hydroxylation is 7. The second-order valence-electron chi connectivity index (χ2n) is 16.5. The number of anilines is 5. The monoisotopic (exact) mass is 782 g/mol. The van der Waals surface area contributed by atoms with Gasteiger partial charge in [0.1, 0.15) is 0 Å². The molecule has 0 bridgehead atoms. The number of rotatable bonds is 12. The lowest BCUT2D eigenvalue weighted by molar-refractivity contribution is 0.891. The van der Waals surface area contributed by atoms with Crippen molar-refractivity contribution in [1.82, 2.24) is 0 Å². The number of hydrogen-bond acceptors (Lipinski definition) is 2. The second kappa shape index (κ2) is 16.9. The lowest BCUT2D eigenvalue weighted by atomic mass is 9.90. The molecular formula is C58H58N2. The van der Waals surface area contributed by atoms with Crippen molar-refractivity contribution in [2.45, 2.75) is 92.9 Å². The smallest absolute Gasteiger partial charge is 0.0619 e. The van der Waals surface area contributed by atoms with Crippen LogP contribution in [0.1, 0.15) is 92.5 Å². The van der Waals surface area contributed by atoms with Gasteiger partial charge in [-0.1, -0.05) is 145 Å². The number of fused-ring (bicyclic) bond motifs is 4. The molecule has 2 heteroatoms. The van der Waals surface area contributed by atoms with Crippen LogP contribution in [0.25, 0.3) is 38.4 Å². The van der Waals surface area contributed by atoms with E-state index in [-0.39, 0.29) is 0 Å². The van der Waals surface area contributed by atoms with Gasteiger partial charge in [0, 0.05) is 44.3 Å². The number of benzene rings is 8. The Bertz CT molecular complexity index is 2850. The Hall–Kier alpha value is -6.12. The van der Waals surface area contributed by atoms with Gasteiger partial charge in [0.05, 0.1) is 11.4 Å². The minimum atomic E-state index is 0.966. The highest BCUT2D eigenvalue weighted by molar-refractivity contribution is 6.23. The zero-order valence-electron chi connectivity index (χ0n) is 36.4. The normalized spacial score (nSPS) is 12.5. The molecule has 0 saturated heterocycles. The molecule has 0 amide bonds. The van der Waals surface area contributed by atoms with Gasteiger partial charge in [-0.15, -0.1) is 0 Å². The van der Waals surface area contributed by atoms with E-state index in [0.29, 0.717) is 0 Å². The van der Waals surface area contributed by atoms with Gasteiger partial charge < -0.3 is 9.80 Å². The van der Waals surface area contributed by atoms with Gasteiger partial charge >= 0.3 is 0 Å². The maximum Gasteiger partial charge on any atom is 0.0619 e. The van der Waals surface area contributed by atoms with Crippen molar-refractivity contribution < 1.29 is 0 Å². The average molecular weight is 783 g/mol. The summed E-state index contributed by atoms with van der Waals surface area (Å²) in [6, 6.07) is 53.8. The van der Waals surface area contributed by atoms with E-state index in [1.54, 1.807) is 0 Å². The summed E-state index contributed by atoms with van der Waals surface area (Å²) in [7, 11) is 0. The molecule has 60 heavy (non-hydrogen) atoms. The van der Waals surface area contributed by atoms with Crippen LogP contribution in [0.2, 0.25) is 0 Å². The van der Waals surface area contributed by atoms with Crippen molar-refractivity contribution in [1.29, 1.82) is 0 Å². The van der Waals surface area contributed by atoms with E-state index in [0.717, 1.165) is 51.4 Å². The molecule has 8 aromatic rings. The van der Waals surface area contributed by atoms with E-state index in [4.69, 9.17) is 0 Å². The molecule has 8 aromatic carbocycles. The zero-order valence-corrected chi connectivity index (χ0v) is 36.4. The van der Waals surface area contributed by atoms with Crippen molar-refractivity contribution in [3.05, 3.63) is 190 Å². The highest BCUT2D eigenvalue weighted by Crippen LogP contribution is 2.51. The third kappa shape index (κ3) is 7.06. The first-order valence-electron chi connectivity index (χ1n) is 22.6. The minimum absolute atomic E-state index is 0.966. The molecule has 0 spiro atoms. The molecule has 0 atom stereocenters. The van der Waals surface area contributed by atoms with Crippen molar-refractivity contribution in [3.8, 4) is 0 Å². The fourth-order valence-electron chi connectivity index (χ4n) is 9.83. The van der Waals surface area contributed by atoms with Crippen molar-refractivity contribution in [2.24, 2.45) is 0 Å². The molecule has 1 aliphatic rings. The fraction of sp³-hybridized carbons (Fsp3) is 0.241. The quantitative estimate of drug-likeness (QED) is 0.0900. The summed E-state index contributed by atoms with van der Waals surface area (Å²) >= 11 is 0. The molecule has 9 rings (SSSR count).